The van der Waals surface area contributed by atoms with E-state index < -0.39 is 15.9 Å². The van der Waals surface area contributed by atoms with Gasteiger partial charge in [0, 0.05) is 17.4 Å². The number of carbonyl (C=O) groups excluding carboxylic acids is 1. The number of nitrogens with zero attached hydrogens (tertiary/aromatic N) is 1. The molecular formula is C15H15BrN2O3S. The van der Waals surface area contributed by atoms with Crippen LogP contribution in [0, 0.1) is 0 Å². The van der Waals surface area contributed by atoms with Crippen LogP contribution >= 0.6 is 15.9 Å². The highest BCUT2D eigenvalue weighted by atomic mass is 79.9. The molecular weight excluding hydrogens is 368 g/mol. The lowest BCUT2D eigenvalue weighted by atomic mass is 10.3. The fourth-order valence-electron chi connectivity index (χ4n) is 1.97. The number of primary amides is 1. The number of sulfonamides is 1. The number of halogens is 1. The molecule has 2 aromatic carbocycles. The van der Waals surface area contributed by atoms with Crippen LogP contribution in [0.15, 0.2) is 64.0 Å². The SMILES string of the molecule is NC(=O)CCN(c1ccccc1)S(=O)(=O)c1ccccc1Br. The summed E-state index contributed by atoms with van der Waals surface area (Å²) in [6.07, 6.45) is -0.0570. The Hall–Kier alpha value is -1.86. The van der Waals surface area contributed by atoms with Crippen LogP contribution in [0.1, 0.15) is 6.42 Å². The van der Waals surface area contributed by atoms with Crippen LogP contribution in [0.5, 0.6) is 0 Å². The number of para-hydroxylation sites is 1. The van der Waals surface area contributed by atoms with E-state index in [1.54, 1.807) is 48.5 Å². The zero-order valence-electron chi connectivity index (χ0n) is 11.6. The second-order valence-electron chi connectivity index (χ2n) is 4.56. The molecule has 0 aromatic heterocycles. The smallest absolute Gasteiger partial charge is 0.265 e. The molecule has 7 heteroatoms. The maximum absolute atomic E-state index is 12.9. The number of hydrogen-bond donors (Lipinski definition) is 1. The third-order valence-corrected chi connectivity index (χ3v) is 5.85. The quantitative estimate of drug-likeness (QED) is 0.833. The molecule has 0 saturated carbocycles. The van der Waals surface area contributed by atoms with E-state index in [0.717, 1.165) is 0 Å². The van der Waals surface area contributed by atoms with Gasteiger partial charge >= 0.3 is 0 Å². The topological polar surface area (TPSA) is 80.5 Å². The van der Waals surface area contributed by atoms with Gasteiger partial charge in [-0.2, -0.15) is 0 Å². The Labute approximate surface area is 137 Å². The molecule has 0 aliphatic carbocycles. The lowest BCUT2D eigenvalue weighted by Crippen LogP contribution is -2.34. The molecule has 0 radical (unpaired) electrons. The molecule has 2 aromatic rings. The number of nitrogens with two attached hydrogens (primary N) is 1. The van der Waals surface area contributed by atoms with Crippen LogP contribution in [0.25, 0.3) is 0 Å². The van der Waals surface area contributed by atoms with Gasteiger partial charge in [0.25, 0.3) is 10.0 Å². The highest BCUT2D eigenvalue weighted by Crippen LogP contribution is 2.28. The van der Waals surface area contributed by atoms with Crippen molar-refractivity contribution in [1.29, 1.82) is 0 Å². The van der Waals surface area contributed by atoms with E-state index in [-0.39, 0.29) is 17.9 Å². The first-order valence-electron chi connectivity index (χ1n) is 6.53. The summed E-state index contributed by atoms with van der Waals surface area (Å²) in [5, 5.41) is 0. The van der Waals surface area contributed by atoms with E-state index in [9.17, 15) is 13.2 Å². The molecule has 5 nitrogen and oxygen atoms in total. The Kier molecular flexibility index (Phi) is 5.20. The van der Waals surface area contributed by atoms with Gasteiger partial charge in [-0.05, 0) is 40.2 Å². The first kappa shape index (κ1) is 16.5. The fourth-order valence-corrected chi connectivity index (χ4v) is 4.40. The Balaban J connectivity index is 2.48. The molecule has 116 valence electrons. The molecule has 0 aliphatic rings. The summed E-state index contributed by atoms with van der Waals surface area (Å²) in [5.41, 5.74) is 5.65. The van der Waals surface area contributed by atoms with Crippen molar-refractivity contribution in [3.05, 3.63) is 59.1 Å². The molecule has 0 spiro atoms. The number of rotatable bonds is 6. The summed E-state index contributed by atoms with van der Waals surface area (Å²) in [5.74, 6) is -0.553. The minimum absolute atomic E-state index is 0.0109. The van der Waals surface area contributed by atoms with Crippen molar-refractivity contribution >= 4 is 37.5 Å². The molecule has 0 unspecified atom stereocenters. The van der Waals surface area contributed by atoms with Gasteiger partial charge in [-0.1, -0.05) is 30.3 Å². The Morgan fingerprint density at radius 3 is 2.23 bits per heavy atom. The minimum atomic E-state index is -3.80. The summed E-state index contributed by atoms with van der Waals surface area (Å²) < 4.78 is 27.5. The summed E-state index contributed by atoms with van der Waals surface area (Å²) in [4.78, 5) is 11.2. The molecule has 0 saturated heterocycles. The first-order chi connectivity index (χ1) is 10.4. The molecule has 1 amide bonds. The minimum Gasteiger partial charge on any atom is -0.370 e. The average Bonchev–Trinajstić information content (AvgIpc) is 2.48. The Morgan fingerprint density at radius 2 is 1.64 bits per heavy atom. The van der Waals surface area contributed by atoms with E-state index in [4.69, 9.17) is 5.73 Å². The van der Waals surface area contributed by atoms with E-state index in [2.05, 4.69) is 15.9 Å². The van der Waals surface area contributed by atoms with Crippen molar-refractivity contribution in [2.45, 2.75) is 11.3 Å². The van der Waals surface area contributed by atoms with Crippen molar-refractivity contribution < 1.29 is 13.2 Å². The molecule has 22 heavy (non-hydrogen) atoms. The second kappa shape index (κ2) is 6.93. The van der Waals surface area contributed by atoms with Gasteiger partial charge in [0.15, 0.2) is 0 Å². The lowest BCUT2D eigenvalue weighted by Gasteiger charge is -2.24. The third-order valence-electron chi connectivity index (χ3n) is 3.01. The van der Waals surface area contributed by atoms with Crippen molar-refractivity contribution in [3.8, 4) is 0 Å². The van der Waals surface area contributed by atoms with Crippen molar-refractivity contribution in [3.63, 3.8) is 0 Å². The van der Waals surface area contributed by atoms with Gasteiger partial charge in [-0.25, -0.2) is 8.42 Å². The number of hydrogen-bond acceptors (Lipinski definition) is 3. The van der Waals surface area contributed by atoms with E-state index in [1.807, 2.05) is 0 Å². The third kappa shape index (κ3) is 3.66. The number of benzene rings is 2. The predicted molar refractivity (Wildman–Crippen MR) is 88.9 cm³/mol. The normalized spacial score (nSPS) is 11.1. The van der Waals surface area contributed by atoms with Crippen LogP contribution in [0.2, 0.25) is 0 Å². The van der Waals surface area contributed by atoms with E-state index in [1.165, 1.54) is 10.4 Å². The van der Waals surface area contributed by atoms with Gasteiger partial charge in [-0.3, -0.25) is 9.10 Å². The largest absolute Gasteiger partial charge is 0.370 e. The van der Waals surface area contributed by atoms with Crippen molar-refractivity contribution in [2.24, 2.45) is 5.73 Å². The summed E-state index contributed by atoms with van der Waals surface area (Å²) in [6.45, 7) is -0.0109. The van der Waals surface area contributed by atoms with E-state index >= 15 is 0 Å². The van der Waals surface area contributed by atoms with Gasteiger partial charge in [-0.15, -0.1) is 0 Å². The van der Waals surface area contributed by atoms with Crippen LogP contribution in [-0.2, 0) is 14.8 Å². The zero-order valence-corrected chi connectivity index (χ0v) is 14.0. The Bertz CT molecular complexity index is 763. The Morgan fingerprint density at radius 1 is 1.05 bits per heavy atom. The zero-order chi connectivity index (χ0) is 16.2. The van der Waals surface area contributed by atoms with Crippen molar-refractivity contribution in [1.82, 2.24) is 0 Å². The maximum Gasteiger partial charge on any atom is 0.265 e. The summed E-state index contributed by atoms with van der Waals surface area (Å²) >= 11 is 3.26. The molecule has 2 N–H and O–H groups in total. The summed E-state index contributed by atoms with van der Waals surface area (Å²) in [6, 6.07) is 15.2. The predicted octanol–water partition coefficient (Wildman–Crippen LogP) is 2.52. The average molecular weight is 383 g/mol. The monoisotopic (exact) mass is 382 g/mol. The maximum atomic E-state index is 12.9. The van der Waals surface area contributed by atoms with Crippen LogP contribution < -0.4 is 10.0 Å². The fraction of sp³-hybridized carbons (Fsp3) is 0.133. The number of amides is 1. The van der Waals surface area contributed by atoms with Gasteiger partial charge in [0.05, 0.1) is 5.69 Å². The molecule has 0 aliphatic heterocycles. The van der Waals surface area contributed by atoms with Crippen molar-refractivity contribution in [2.75, 3.05) is 10.8 Å². The van der Waals surface area contributed by atoms with Gasteiger partial charge in [0.2, 0.25) is 5.91 Å². The van der Waals surface area contributed by atoms with E-state index in [0.29, 0.717) is 10.2 Å². The van der Waals surface area contributed by atoms with Gasteiger partial charge < -0.3 is 5.73 Å². The number of anilines is 1. The highest BCUT2D eigenvalue weighted by Gasteiger charge is 2.26. The molecule has 0 heterocycles. The van der Waals surface area contributed by atoms with Crippen LogP contribution in [0.4, 0.5) is 5.69 Å². The second-order valence-corrected chi connectivity index (χ2v) is 7.24. The molecule has 2 rings (SSSR count). The number of carbonyl (C=O) groups is 1. The van der Waals surface area contributed by atoms with Gasteiger partial charge in [0.1, 0.15) is 4.90 Å². The lowest BCUT2D eigenvalue weighted by molar-refractivity contribution is -0.117. The molecule has 0 fully saturated rings. The first-order valence-corrected chi connectivity index (χ1v) is 8.77. The molecule has 0 bridgehead atoms. The van der Waals surface area contributed by atoms with Crippen LogP contribution in [0.3, 0.4) is 0 Å². The van der Waals surface area contributed by atoms with Crippen LogP contribution in [-0.4, -0.2) is 20.9 Å². The standard InChI is InChI=1S/C15H15BrN2O3S/c16-13-8-4-5-9-14(13)22(20,21)18(11-10-15(17)19)12-6-2-1-3-7-12/h1-9H,10-11H2,(H2,17,19). The molecule has 0 atom stereocenters. The highest BCUT2D eigenvalue weighted by molar-refractivity contribution is 9.10. The summed E-state index contributed by atoms with van der Waals surface area (Å²) in [7, 11) is -3.80.